The number of aliphatic imine (C=N–C) groups is 1. The van der Waals surface area contributed by atoms with Crippen molar-refractivity contribution in [1.29, 1.82) is 5.26 Å². The van der Waals surface area contributed by atoms with E-state index in [9.17, 15) is 10.4 Å². The van der Waals surface area contributed by atoms with Crippen molar-refractivity contribution in [2.45, 2.75) is 52.2 Å². The number of hydrogen-bond acceptors (Lipinski definition) is 10. The van der Waals surface area contributed by atoms with Gasteiger partial charge in [-0.3, -0.25) is 0 Å². The van der Waals surface area contributed by atoms with Crippen LogP contribution in [0.5, 0.6) is 0 Å². The molecule has 0 amide bonds. The van der Waals surface area contributed by atoms with Crippen LogP contribution in [0.3, 0.4) is 0 Å². The van der Waals surface area contributed by atoms with Gasteiger partial charge in [-0.2, -0.15) is 5.26 Å². The van der Waals surface area contributed by atoms with Gasteiger partial charge < -0.3 is 30.3 Å². The molecule has 0 unspecified atom stereocenters. The molecule has 3 aliphatic heterocycles. The molecule has 39 heavy (non-hydrogen) atoms. The number of nitrogens with one attached hydrogen (secondary N) is 2. The molecule has 10 nitrogen and oxygen atoms in total. The maximum atomic E-state index is 9.87. The average molecular weight is 529 g/mol. The number of benzene rings is 1. The summed E-state index contributed by atoms with van der Waals surface area (Å²) in [7, 11) is 0. The van der Waals surface area contributed by atoms with Crippen LogP contribution in [-0.4, -0.2) is 65.6 Å². The molecule has 0 bridgehead atoms. The fraction of sp³-hybridized carbons (Fsp3) is 0.448. The highest BCUT2D eigenvalue weighted by molar-refractivity contribution is 5.64. The minimum atomic E-state index is -0.237. The first-order valence-corrected chi connectivity index (χ1v) is 13.5. The van der Waals surface area contributed by atoms with Crippen molar-refractivity contribution in [2.24, 2.45) is 4.99 Å². The molecule has 0 radical (unpaired) electrons. The van der Waals surface area contributed by atoms with E-state index in [-0.39, 0.29) is 6.10 Å². The summed E-state index contributed by atoms with van der Waals surface area (Å²) in [5, 5.41) is 26.1. The number of aromatic nitrogens is 2. The molecule has 10 heteroatoms. The van der Waals surface area contributed by atoms with Gasteiger partial charge in [-0.05, 0) is 74.7 Å². The van der Waals surface area contributed by atoms with Crippen LogP contribution in [0.25, 0.3) is 0 Å². The van der Waals surface area contributed by atoms with Crippen molar-refractivity contribution in [1.82, 2.24) is 20.2 Å². The fourth-order valence-electron chi connectivity index (χ4n) is 5.39. The Morgan fingerprint density at radius 2 is 2.13 bits per heavy atom. The van der Waals surface area contributed by atoms with E-state index >= 15 is 0 Å². The molecule has 1 aromatic heterocycles. The van der Waals surface area contributed by atoms with E-state index in [1.54, 1.807) is 0 Å². The normalized spacial score (nSPS) is 18.4. The second kappa shape index (κ2) is 11.7. The average Bonchev–Trinajstić information content (AvgIpc) is 2.97. The SMILES string of the molecule is C=NC1=C(/C(C)=C(\C)N2CCc3cnc(Nc4ccc(N5CCC(O)CC5)c(CC#N)c4)nc3C2)NCCO1. The van der Waals surface area contributed by atoms with Gasteiger partial charge in [0.05, 0.1) is 30.8 Å². The predicted octanol–water partition coefficient (Wildman–Crippen LogP) is 3.39. The Hall–Kier alpha value is -4.10. The molecule has 0 aliphatic carbocycles. The van der Waals surface area contributed by atoms with Crippen molar-refractivity contribution in [3.05, 3.63) is 64.1 Å². The number of ether oxygens (including phenoxy) is 1. The van der Waals surface area contributed by atoms with Gasteiger partial charge in [0, 0.05) is 49.4 Å². The van der Waals surface area contributed by atoms with Gasteiger partial charge in [-0.25, -0.2) is 15.0 Å². The molecule has 1 saturated heterocycles. The quantitative estimate of drug-likeness (QED) is 0.464. The van der Waals surface area contributed by atoms with Crippen molar-refractivity contribution in [2.75, 3.05) is 43.0 Å². The van der Waals surface area contributed by atoms with E-state index in [0.29, 0.717) is 31.4 Å². The molecule has 4 heterocycles. The molecule has 3 aliphatic rings. The molecule has 0 atom stereocenters. The van der Waals surface area contributed by atoms with Crippen LogP contribution < -0.4 is 15.5 Å². The number of aliphatic hydroxyl groups excluding tert-OH is 1. The zero-order valence-corrected chi connectivity index (χ0v) is 22.7. The minimum absolute atomic E-state index is 0.237. The zero-order chi connectivity index (χ0) is 27.4. The number of fused-ring (bicyclic) bond motifs is 1. The van der Waals surface area contributed by atoms with Crippen LogP contribution >= 0.6 is 0 Å². The van der Waals surface area contributed by atoms with E-state index in [1.807, 2.05) is 24.4 Å². The van der Waals surface area contributed by atoms with Gasteiger partial charge in [0.2, 0.25) is 11.8 Å². The summed E-state index contributed by atoms with van der Waals surface area (Å²) in [6.45, 7) is 12.3. The second-order valence-electron chi connectivity index (χ2n) is 10.2. The predicted molar refractivity (Wildman–Crippen MR) is 152 cm³/mol. The van der Waals surface area contributed by atoms with Crippen LogP contribution in [0.15, 0.2) is 52.2 Å². The number of allylic oxidation sites excluding steroid dienone is 2. The third kappa shape index (κ3) is 5.83. The Kier molecular flexibility index (Phi) is 7.98. The first-order chi connectivity index (χ1) is 19.0. The summed E-state index contributed by atoms with van der Waals surface area (Å²) in [4.78, 5) is 18.1. The van der Waals surface area contributed by atoms with Crippen LogP contribution in [0.1, 0.15) is 43.5 Å². The number of rotatable bonds is 7. The van der Waals surface area contributed by atoms with Crippen molar-refractivity contribution in [3.63, 3.8) is 0 Å². The number of hydrogen-bond donors (Lipinski definition) is 3. The summed E-state index contributed by atoms with van der Waals surface area (Å²) in [5.41, 5.74) is 8.13. The first-order valence-electron chi connectivity index (χ1n) is 13.5. The third-order valence-corrected chi connectivity index (χ3v) is 7.75. The Morgan fingerprint density at radius 3 is 2.90 bits per heavy atom. The number of nitriles is 1. The summed E-state index contributed by atoms with van der Waals surface area (Å²) < 4.78 is 5.67. The number of anilines is 3. The Morgan fingerprint density at radius 1 is 1.31 bits per heavy atom. The molecule has 1 aromatic carbocycles. The standard InChI is InChI=1S/C29H36N8O2/c1-19(27-28(31-3)39-15-11-32-27)20(2)37-12-7-22-17-33-29(35-25(22)18-37)34-23-4-5-26(21(16-23)6-10-30)36-13-8-24(38)9-14-36/h4-5,16-17,24,32,38H,3,6-9,11-15,18H2,1-2H3,(H,33,34,35)/b20-19+. The zero-order valence-electron chi connectivity index (χ0n) is 22.7. The monoisotopic (exact) mass is 528 g/mol. The lowest BCUT2D eigenvalue weighted by Gasteiger charge is -2.33. The van der Waals surface area contributed by atoms with Crippen molar-refractivity contribution < 1.29 is 9.84 Å². The third-order valence-electron chi connectivity index (χ3n) is 7.75. The molecule has 0 spiro atoms. The minimum Gasteiger partial charge on any atom is -0.474 e. The molecule has 1 fully saturated rings. The molecular weight excluding hydrogens is 492 g/mol. The molecule has 0 saturated carbocycles. The van der Waals surface area contributed by atoms with Gasteiger partial charge in [0.15, 0.2) is 0 Å². The lowest BCUT2D eigenvalue weighted by atomic mass is 10.0. The number of aliphatic hydroxyl groups is 1. The van der Waals surface area contributed by atoms with E-state index < -0.39 is 0 Å². The lowest BCUT2D eigenvalue weighted by molar-refractivity contribution is 0.145. The highest BCUT2D eigenvalue weighted by Crippen LogP contribution is 2.30. The fourth-order valence-corrected chi connectivity index (χ4v) is 5.39. The summed E-state index contributed by atoms with van der Waals surface area (Å²) in [6.07, 6.45) is 4.34. The molecule has 204 valence electrons. The van der Waals surface area contributed by atoms with Gasteiger partial charge >= 0.3 is 0 Å². The van der Waals surface area contributed by atoms with Gasteiger partial charge in [-0.15, -0.1) is 0 Å². The number of piperidine rings is 1. The maximum Gasteiger partial charge on any atom is 0.237 e. The van der Waals surface area contributed by atoms with Crippen LogP contribution in [-0.2, 0) is 24.1 Å². The molecule has 2 aromatic rings. The second-order valence-corrected chi connectivity index (χ2v) is 10.2. The Bertz CT molecular complexity index is 1340. The van der Waals surface area contributed by atoms with Crippen LogP contribution in [0.2, 0.25) is 0 Å². The van der Waals surface area contributed by atoms with E-state index in [2.05, 4.69) is 57.0 Å². The Balaban J connectivity index is 1.33. The van der Waals surface area contributed by atoms with Gasteiger partial charge in [0.25, 0.3) is 0 Å². The largest absolute Gasteiger partial charge is 0.474 e. The Labute approximate surface area is 229 Å². The van der Waals surface area contributed by atoms with Crippen molar-refractivity contribution in [3.8, 4) is 6.07 Å². The van der Waals surface area contributed by atoms with Crippen molar-refractivity contribution >= 4 is 24.0 Å². The molecular formula is C29H36N8O2. The highest BCUT2D eigenvalue weighted by Gasteiger charge is 2.23. The van der Waals surface area contributed by atoms with E-state index in [0.717, 1.165) is 90.6 Å². The van der Waals surface area contributed by atoms with Crippen LogP contribution in [0, 0.1) is 11.3 Å². The van der Waals surface area contributed by atoms with E-state index in [1.165, 1.54) is 0 Å². The maximum absolute atomic E-state index is 9.87. The smallest absolute Gasteiger partial charge is 0.237 e. The first kappa shape index (κ1) is 26.5. The lowest BCUT2D eigenvalue weighted by Crippen LogP contribution is -2.36. The molecule has 5 rings (SSSR count). The van der Waals surface area contributed by atoms with Crippen LogP contribution in [0.4, 0.5) is 17.3 Å². The van der Waals surface area contributed by atoms with Gasteiger partial charge in [-0.1, -0.05) is 0 Å². The molecule has 3 N–H and O–H groups in total. The number of nitrogens with zero attached hydrogens (tertiary/aromatic N) is 6. The summed E-state index contributed by atoms with van der Waals surface area (Å²) in [6, 6.07) is 8.35. The topological polar surface area (TPSA) is 122 Å². The summed E-state index contributed by atoms with van der Waals surface area (Å²) in [5.74, 6) is 1.08. The van der Waals surface area contributed by atoms with E-state index in [4.69, 9.17) is 9.72 Å². The van der Waals surface area contributed by atoms with Gasteiger partial charge in [0.1, 0.15) is 12.3 Å². The highest BCUT2D eigenvalue weighted by atomic mass is 16.5. The summed E-state index contributed by atoms with van der Waals surface area (Å²) >= 11 is 0.